The lowest BCUT2D eigenvalue weighted by Gasteiger charge is -2.13. The van der Waals surface area contributed by atoms with Crippen molar-refractivity contribution in [3.8, 4) is 0 Å². The number of H-pyrrole nitrogens is 1. The first-order chi connectivity index (χ1) is 9.56. The normalized spacial score (nSPS) is 11.8. The average Bonchev–Trinajstić information content (AvgIpc) is 2.90. The summed E-state index contributed by atoms with van der Waals surface area (Å²) in [6.07, 6.45) is 5.03. The third kappa shape index (κ3) is 3.37. The van der Waals surface area contributed by atoms with Crippen molar-refractivity contribution in [2.75, 3.05) is 0 Å². The fourth-order valence-corrected chi connectivity index (χ4v) is 1.59. The standard InChI is InChI=1S/C12H11FN4O3/c13-8-1-7(3-14-4-8)11(18)17-10(12(19)20)2-9-5-15-6-16-9/h1,3-6,10H,2H2,(H,15,16)(H,17,18)(H,19,20)/t10-/m0/s1. The summed E-state index contributed by atoms with van der Waals surface area (Å²) in [7, 11) is 0. The second-order valence-corrected chi connectivity index (χ2v) is 4.04. The van der Waals surface area contributed by atoms with Crippen LogP contribution in [-0.4, -0.2) is 38.0 Å². The van der Waals surface area contributed by atoms with Gasteiger partial charge in [-0.15, -0.1) is 0 Å². The third-order valence-corrected chi connectivity index (χ3v) is 2.55. The Morgan fingerprint density at radius 3 is 2.75 bits per heavy atom. The van der Waals surface area contributed by atoms with Crippen molar-refractivity contribution in [3.63, 3.8) is 0 Å². The number of rotatable bonds is 5. The van der Waals surface area contributed by atoms with Gasteiger partial charge in [0.2, 0.25) is 0 Å². The van der Waals surface area contributed by atoms with Gasteiger partial charge in [0.15, 0.2) is 0 Å². The zero-order valence-electron chi connectivity index (χ0n) is 10.2. The highest BCUT2D eigenvalue weighted by atomic mass is 19.1. The van der Waals surface area contributed by atoms with Gasteiger partial charge < -0.3 is 15.4 Å². The van der Waals surface area contributed by atoms with Crippen LogP contribution in [0, 0.1) is 5.82 Å². The molecule has 2 rings (SSSR count). The third-order valence-electron chi connectivity index (χ3n) is 2.55. The van der Waals surface area contributed by atoms with Crippen LogP contribution < -0.4 is 5.32 Å². The molecule has 0 spiro atoms. The highest BCUT2D eigenvalue weighted by Gasteiger charge is 2.22. The number of hydrogen-bond donors (Lipinski definition) is 3. The molecular weight excluding hydrogens is 267 g/mol. The number of aliphatic carboxylic acids is 1. The molecule has 2 aromatic rings. The molecule has 2 aromatic heterocycles. The van der Waals surface area contributed by atoms with E-state index < -0.39 is 23.7 Å². The Morgan fingerprint density at radius 1 is 1.35 bits per heavy atom. The predicted octanol–water partition coefficient (Wildman–Crippen LogP) is 0.369. The number of carbonyl (C=O) groups excluding carboxylic acids is 1. The monoisotopic (exact) mass is 278 g/mol. The molecule has 1 amide bonds. The summed E-state index contributed by atoms with van der Waals surface area (Å²) in [5.74, 6) is -2.57. The molecule has 3 N–H and O–H groups in total. The van der Waals surface area contributed by atoms with E-state index in [0.29, 0.717) is 5.69 Å². The van der Waals surface area contributed by atoms with Gasteiger partial charge in [0.1, 0.15) is 11.9 Å². The number of imidazole rings is 1. The van der Waals surface area contributed by atoms with Crippen LogP contribution in [0.3, 0.4) is 0 Å². The molecule has 8 heteroatoms. The van der Waals surface area contributed by atoms with Gasteiger partial charge >= 0.3 is 5.97 Å². The van der Waals surface area contributed by atoms with Crippen LogP contribution in [0.1, 0.15) is 16.1 Å². The highest BCUT2D eigenvalue weighted by molar-refractivity contribution is 5.96. The van der Waals surface area contributed by atoms with Crippen molar-refractivity contribution < 1.29 is 19.1 Å². The van der Waals surface area contributed by atoms with E-state index in [9.17, 15) is 14.0 Å². The molecule has 0 aliphatic rings. The van der Waals surface area contributed by atoms with Crippen LogP contribution in [0.25, 0.3) is 0 Å². The number of hydrogen-bond acceptors (Lipinski definition) is 4. The maximum absolute atomic E-state index is 13.0. The minimum Gasteiger partial charge on any atom is -0.480 e. The summed E-state index contributed by atoms with van der Waals surface area (Å²) in [6.45, 7) is 0. The predicted molar refractivity (Wildman–Crippen MR) is 65.4 cm³/mol. The van der Waals surface area contributed by atoms with Gasteiger partial charge in [-0.1, -0.05) is 0 Å². The van der Waals surface area contributed by atoms with E-state index in [1.165, 1.54) is 12.5 Å². The number of carboxylic acid groups (broad SMARTS) is 1. The van der Waals surface area contributed by atoms with E-state index in [0.717, 1.165) is 18.5 Å². The Balaban J connectivity index is 2.08. The molecule has 7 nitrogen and oxygen atoms in total. The maximum atomic E-state index is 13.0. The summed E-state index contributed by atoms with van der Waals surface area (Å²) in [4.78, 5) is 33.0. The largest absolute Gasteiger partial charge is 0.480 e. The smallest absolute Gasteiger partial charge is 0.326 e. The van der Waals surface area contributed by atoms with Gasteiger partial charge in [-0.25, -0.2) is 14.2 Å². The average molecular weight is 278 g/mol. The van der Waals surface area contributed by atoms with Crippen molar-refractivity contribution in [2.45, 2.75) is 12.5 Å². The number of halogens is 1. The van der Waals surface area contributed by atoms with Gasteiger partial charge in [0.05, 0.1) is 18.1 Å². The minimum absolute atomic E-state index is 0.0409. The summed E-state index contributed by atoms with van der Waals surface area (Å²) in [5, 5.41) is 11.4. The van der Waals surface area contributed by atoms with E-state index in [-0.39, 0.29) is 12.0 Å². The molecule has 0 aliphatic carbocycles. The van der Waals surface area contributed by atoms with Crippen LogP contribution in [0.5, 0.6) is 0 Å². The second-order valence-electron chi connectivity index (χ2n) is 4.04. The highest BCUT2D eigenvalue weighted by Crippen LogP contribution is 2.04. The molecule has 20 heavy (non-hydrogen) atoms. The number of carbonyl (C=O) groups is 2. The SMILES string of the molecule is O=C(N[C@@H](Cc1cnc[nH]1)C(=O)O)c1cncc(F)c1. The van der Waals surface area contributed by atoms with Crippen LogP contribution >= 0.6 is 0 Å². The molecule has 0 fully saturated rings. The van der Waals surface area contributed by atoms with Crippen molar-refractivity contribution in [2.24, 2.45) is 0 Å². The molecule has 0 aromatic carbocycles. The number of pyridine rings is 1. The summed E-state index contributed by atoms with van der Waals surface area (Å²) in [6, 6.07) is -0.163. The van der Waals surface area contributed by atoms with Gasteiger partial charge in [-0.05, 0) is 6.07 Å². The van der Waals surface area contributed by atoms with E-state index in [1.807, 2.05) is 0 Å². The number of nitrogens with zero attached hydrogens (tertiary/aromatic N) is 2. The Bertz CT molecular complexity index is 615. The van der Waals surface area contributed by atoms with Gasteiger partial charge in [0, 0.05) is 24.5 Å². The molecule has 0 unspecified atom stereocenters. The summed E-state index contributed by atoms with van der Waals surface area (Å²) >= 11 is 0. The molecule has 0 saturated heterocycles. The number of nitrogens with one attached hydrogen (secondary N) is 2. The Hall–Kier alpha value is -2.77. The first kappa shape index (κ1) is 13.7. The number of aromatic amines is 1. The lowest BCUT2D eigenvalue weighted by atomic mass is 10.1. The molecule has 2 heterocycles. The molecule has 0 aliphatic heterocycles. The van der Waals surface area contributed by atoms with E-state index in [1.54, 1.807) is 0 Å². The zero-order chi connectivity index (χ0) is 14.5. The van der Waals surface area contributed by atoms with E-state index in [2.05, 4.69) is 20.3 Å². The molecular formula is C12H11FN4O3. The minimum atomic E-state index is -1.20. The molecule has 104 valence electrons. The first-order valence-corrected chi connectivity index (χ1v) is 5.67. The maximum Gasteiger partial charge on any atom is 0.326 e. The number of amides is 1. The van der Waals surface area contributed by atoms with Gasteiger partial charge in [0.25, 0.3) is 5.91 Å². The molecule has 1 atom stereocenters. The fourth-order valence-electron chi connectivity index (χ4n) is 1.59. The lowest BCUT2D eigenvalue weighted by molar-refractivity contribution is -0.139. The van der Waals surface area contributed by atoms with Crippen molar-refractivity contribution in [1.29, 1.82) is 0 Å². The first-order valence-electron chi connectivity index (χ1n) is 5.67. The zero-order valence-corrected chi connectivity index (χ0v) is 10.2. The molecule has 0 bridgehead atoms. The lowest BCUT2D eigenvalue weighted by Crippen LogP contribution is -2.42. The van der Waals surface area contributed by atoms with Crippen molar-refractivity contribution in [1.82, 2.24) is 20.3 Å². The van der Waals surface area contributed by atoms with Crippen LogP contribution in [0.15, 0.2) is 31.0 Å². The number of aromatic nitrogens is 3. The Kier molecular flexibility index (Phi) is 4.04. The topological polar surface area (TPSA) is 108 Å². The summed E-state index contributed by atoms with van der Waals surface area (Å²) in [5.41, 5.74) is 0.524. The number of carboxylic acids is 1. The molecule has 0 saturated carbocycles. The second kappa shape index (κ2) is 5.91. The van der Waals surface area contributed by atoms with Crippen molar-refractivity contribution >= 4 is 11.9 Å². The Morgan fingerprint density at radius 2 is 2.15 bits per heavy atom. The fraction of sp³-hybridized carbons (Fsp3) is 0.167. The van der Waals surface area contributed by atoms with Crippen LogP contribution in [0.4, 0.5) is 4.39 Å². The van der Waals surface area contributed by atoms with E-state index in [4.69, 9.17) is 5.11 Å². The molecule has 0 radical (unpaired) electrons. The van der Waals surface area contributed by atoms with E-state index >= 15 is 0 Å². The van der Waals surface area contributed by atoms with Crippen LogP contribution in [0.2, 0.25) is 0 Å². The van der Waals surface area contributed by atoms with Crippen LogP contribution in [-0.2, 0) is 11.2 Å². The van der Waals surface area contributed by atoms with Crippen molar-refractivity contribution in [3.05, 3.63) is 48.1 Å². The quantitative estimate of drug-likeness (QED) is 0.732. The Labute approximate surface area is 112 Å². The summed E-state index contributed by atoms with van der Waals surface area (Å²) < 4.78 is 13.0. The van der Waals surface area contributed by atoms with Gasteiger partial charge in [-0.2, -0.15) is 0 Å². The van der Waals surface area contributed by atoms with Gasteiger partial charge in [-0.3, -0.25) is 9.78 Å².